The lowest BCUT2D eigenvalue weighted by Gasteiger charge is -2.13. The lowest BCUT2D eigenvalue weighted by molar-refractivity contribution is -0.147. The van der Waals surface area contributed by atoms with Crippen molar-refractivity contribution in [3.8, 4) is 11.5 Å². The predicted octanol–water partition coefficient (Wildman–Crippen LogP) is 6.79. The molecule has 1 aliphatic rings. The molecule has 30 heavy (non-hydrogen) atoms. The van der Waals surface area contributed by atoms with Crippen molar-refractivity contribution >= 4 is 17.6 Å². The normalized spacial score (nSPS) is 20.6. The van der Waals surface area contributed by atoms with Gasteiger partial charge in [0.1, 0.15) is 23.1 Å². The number of hydrogen-bond donors (Lipinski definition) is 0. The molecule has 1 saturated carbocycles. The van der Waals surface area contributed by atoms with Crippen LogP contribution < -0.4 is 4.74 Å². The van der Waals surface area contributed by atoms with Crippen LogP contribution in [0, 0.1) is 24.2 Å². The molecule has 0 heterocycles. The van der Waals surface area contributed by atoms with Gasteiger partial charge in [-0.15, -0.1) is 0 Å². The average molecular weight is 439 g/mol. The smallest absolute Gasteiger partial charge is 0.426 e. The van der Waals surface area contributed by atoms with Crippen LogP contribution >= 0.6 is 11.6 Å². The first-order chi connectivity index (χ1) is 14.0. The Balaban J connectivity index is 1.66. The van der Waals surface area contributed by atoms with E-state index in [1.54, 1.807) is 19.9 Å². The van der Waals surface area contributed by atoms with E-state index < -0.39 is 34.4 Å². The van der Waals surface area contributed by atoms with Crippen LogP contribution in [0.15, 0.2) is 59.6 Å². The van der Waals surface area contributed by atoms with Crippen molar-refractivity contribution in [2.24, 2.45) is 17.3 Å². The minimum absolute atomic E-state index is 0.00662. The summed E-state index contributed by atoms with van der Waals surface area (Å²) in [6, 6.07) is 14.7. The van der Waals surface area contributed by atoms with E-state index >= 15 is 0 Å². The number of alkyl halides is 3. The second-order valence-corrected chi connectivity index (χ2v) is 8.31. The van der Waals surface area contributed by atoms with Gasteiger partial charge in [0, 0.05) is 0 Å². The molecule has 0 N–H and O–H groups in total. The zero-order valence-electron chi connectivity index (χ0n) is 16.8. The van der Waals surface area contributed by atoms with Crippen LogP contribution in [0.4, 0.5) is 13.2 Å². The number of carbonyl (C=O) groups excluding carboxylic acids is 1. The van der Waals surface area contributed by atoms with Gasteiger partial charge in [-0.2, -0.15) is 13.2 Å². The SMILES string of the molecule is Cc1c(COC(=O)C2C(/C=C(\Cl)C(F)(F)F)C2(C)C)cccc1Oc1ccccc1. The molecule has 0 aliphatic heterocycles. The summed E-state index contributed by atoms with van der Waals surface area (Å²) >= 11 is 5.34. The highest BCUT2D eigenvalue weighted by Gasteiger charge is 2.62. The highest BCUT2D eigenvalue weighted by Crippen LogP contribution is 2.60. The Morgan fingerprint density at radius 2 is 1.80 bits per heavy atom. The van der Waals surface area contributed by atoms with Gasteiger partial charge >= 0.3 is 12.1 Å². The third-order valence-electron chi connectivity index (χ3n) is 5.50. The number of halogens is 4. The molecule has 1 aliphatic carbocycles. The summed E-state index contributed by atoms with van der Waals surface area (Å²) in [6.07, 6.45) is -3.71. The zero-order chi connectivity index (χ0) is 22.1. The van der Waals surface area contributed by atoms with Gasteiger partial charge in [0.2, 0.25) is 0 Å². The van der Waals surface area contributed by atoms with Gasteiger partial charge in [-0.1, -0.05) is 61.9 Å². The van der Waals surface area contributed by atoms with Crippen LogP contribution in [0.25, 0.3) is 0 Å². The van der Waals surface area contributed by atoms with Gasteiger partial charge in [-0.25, -0.2) is 0 Å². The van der Waals surface area contributed by atoms with Crippen LogP contribution in [0.1, 0.15) is 25.0 Å². The molecule has 0 amide bonds. The molecule has 2 aromatic rings. The summed E-state index contributed by atoms with van der Waals surface area (Å²) in [5, 5.41) is -1.21. The maximum atomic E-state index is 12.7. The summed E-state index contributed by atoms with van der Waals surface area (Å²) in [6.45, 7) is 5.31. The van der Waals surface area contributed by atoms with Crippen LogP contribution in [-0.2, 0) is 16.1 Å². The maximum absolute atomic E-state index is 12.7. The van der Waals surface area contributed by atoms with Crippen LogP contribution in [0.2, 0.25) is 0 Å². The lowest BCUT2D eigenvalue weighted by atomic mass is 10.1. The van der Waals surface area contributed by atoms with E-state index in [4.69, 9.17) is 21.1 Å². The predicted molar refractivity (Wildman–Crippen MR) is 108 cm³/mol. The summed E-state index contributed by atoms with van der Waals surface area (Å²) in [4.78, 5) is 12.5. The maximum Gasteiger partial charge on any atom is 0.426 e. The molecule has 0 spiro atoms. The van der Waals surface area contributed by atoms with Crippen molar-refractivity contribution in [1.29, 1.82) is 0 Å². The van der Waals surface area contributed by atoms with E-state index in [1.807, 2.05) is 49.4 Å². The van der Waals surface area contributed by atoms with Gasteiger partial charge < -0.3 is 9.47 Å². The van der Waals surface area contributed by atoms with E-state index in [1.165, 1.54) is 0 Å². The first kappa shape index (κ1) is 22.2. The summed E-state index contributed by atoms with van der Waals surface area (Å²) in [5.41, 5.74) is 0.937. The number of rotatable bonds is 6. The second kappa shape index (κ2) is 8.34. The van der Waals surface area contributed by atoms with Gasteiger partial charge in [-0.05, 0) is 47.6 Å². The molecule has 3 rings (SSSR count). The molecule has 160 valence electrons. The Labute approximate surface area is 178 Å². The van der Waals surface area contributed by atoms with Gasteiger partial charge in [-0.3, -0.25) is 4.79 Å². The first-order valence-electron chi connectivity index (χ1n) is 9.44. The topological polar surface area (TPSA) is 35.5 Å². The van der Waals surface area contributed by atoms with Gasteiger partial charge in [0.05, 0.1) is 5.92 Å². The van der Waals surface area contributed by atoms with Crippen molar-refractivity contribution in [2.75, 3.05) is 0 Å². The Hall–Kier alpha value is -2.47. The van der Waals surface area contributed by atoms with E-state index in [0.717, 1.165) is 17.2 Å². The minimum atomic E-state index is -4.62. The number of benzene rings is 2. The Bertz CT molecular complexity index is 952. The average Bonchev–Trinajstić information content (AvgIpc) is 3.22. The Kier molecular flexibility index (Phi) is 6.18. The Morgan fingerprint density at radius 1 is 1.13 bits per heavy atom. The number of ether oxygens (including phenoxy) is 2. The molecular formula is C23H22ClF3O3. The van der Waals surface area contributed by atoms with Crippen molar-refractivity contribution < 1.29 is 27.4 Å². The zero-order valence-corrected chi connectivity index (χ0v) is 17.6. The standard InChI is InChI=1S/C23H22ClF3O3/c1-14-15(8-7-11-18(14)30-16-9-5-4-6-10-16)13-29-21(28)20-17(22(20,2)3)12-19(24)23(25,26)27/h4-12,17,20H,13H2,1-3H3/b19-12-. The molecular weight excluding hydrogens is 417 g/mol. The monoisotopic (exact) mass is 438 g/mol. The lowest BCUT2D eigenvalue weighted by Crippen LogP contribution is -2.11. The summed E-state index contributed by atoms with van der Waals surface area (Å²) in [5.74, 6) is -0.503. The molecule has 0 saturated heterocycles. The Morgan fingerprint density at radius 3 is 2.43 bits per heavy atom. The largest absolute Gasteiger partial charge is 0.461 e. The van der Waals surface area contributed by atoms with E-state index in [0.29, 0.717) is 11.5 Å². The second-order valence-electron chi connectivity index (χ2n) is 7.90. The highest BCUT2D eigenvalue weighted by atomic mass is 35.5. The molecule has 0 bridgehead atoms. The highest BCUT2D eigenvalue weighted by molar-refractivity contribution is 6.30. The van der Waals surface area contributed by atoms with E-state index in [-0.39, 0.29) is 6.61 Å². The van der Waals surface area contributed by atoms with E-state index in [9.17, 15) is 18.0 Å². The van der Waals surface area contributed by atoms with E-state index in [2.05, 4.69) is 0 Å². The number of allylic oxidation sites excluding steroid dienone is 2. The van der Waals surface area contributed by atoms with Crippen molar-refractivity contribution in [3.05, 3.63) is 70.8 Å². The molecule has 0 aromatic heterocycles. The molecule has 3 nitrogen and oxygen atoms in total. The van der Waals surface area contributed by atoms with Crippen LogP contribution in [0.3, 0.4) is 0 Å². The molecule has 2 aromatic carbocycles. The van der Waals surface area contributed by atoms with Crippen LogP contribution in [0.5, 0.6) is 11.5 Å². The number of hydrogen-bond acceptors (Lipinski definition) is 3. The summed E-state index contributed by atoms with van der Waals surface area (Å²) in [7, 11) is 0. The molecule has 0 radical (unpaired) electrons. The molecule has 1 fully saturated rings. The van der Waals surface area contributed by atoms with Gasteiger partial charge in [0.25, 0.3) is 0 Å². The number of carbonyl (C=O) groups is 1. The molecule has 2 unspecified atom stereocenters. The van der Waals surface area contributed by atoms with Crippen molar-refractivity contribution in [2.45, 2.75) is 33.6 Å². The third-order valence-corrected chi connectivity index (χ3v) is 5.84. The first-order valence-corrected chi connectivity index (χ1v) is 9.82. The number of esters is 1. The molecule has 7 heteroatoms. The van der Waals surface area contributed by atoms with Crippen molar-refractivity contribution in [1.82, 2.24) is 0 Å². The third kappa shape index (κ3) is 4.81. The molecule has 2 atom stereocenters. The fourth-order valence-corrected chi connectivity index (χ4v) is 3.61. The summed E-state index contributed by atoms with van der Waals surface area (Å²) < 4.78 is 49.4. The fourth-order valence-electron chi connectivity index (χ4n) is 3.47. The number of para-hydroxylation sites is 1. The minimum Gasteiger partial charge on any atom is -0.461 e. The van der Waals surface area contributed by atoms with Gasteiger partial charge in [0.15, 0.2) is 0 Å². The fraction of sp³-hybridized carbons (Fsp3) is 0.348. The quantitative estimate of drug-likeness (QED) is 0.466. The van der Waals surface area contributed by atoms with Crippen LogP contribution in [-0.4, -0.2) is 12.1 Å². The van der Waals surface area contributed by atoms with Crippen molar-refractivity contribution in [3.63, 3.8) is 0 Å².